The molecule has 3 rings (SSSR count). The van der Waals surface area contributed by atoms with E-state index in [1.165, 1.54) is 31.7 Å². The van der Waals surface area contributed by atoms with Crippen LogP contribution in [-0.2, 0) is 0 Å². The first-order chi connectivity index (χ1) is 7.24. The van der Waals surface area contributed by atoms with Crippen molar-refractivity contribution in [3.05, 3.63) is 23.3 Å². The predicted molar refractivity (Wildman–Crippen MR) is 58.8 cm³/mol. The monoisotopic (exact) mass is 203 g/mol. The predicted octanol–water partition coefficient (Wildman–Crippen LogP) is 1.51. The molecule has 1 aromatic heterocycles. The van der Waals surface area contributed by atoms with Gasteiger partial charge in [0.15, 0.2) is 0 Å². The standard InChI is InChI=1S/C12H17N3/c1-8-5-13-9(2)12(14-8)11-7-15-4-3-10(11)6-15/h5,10-11H,3-4,6-7H2,1-2H3/t10-,11+/m1/s1. The van der Waals surface area contributed by atoms with E-state index in [2.05, 4.69) is 21.8 Å². The molecule has 0 aliphatic carbocycles. The van der Waals surface area contributed by atoms with Crippen LogP contribution in [0.5, 0.6) is 0 Å². The minimum atomic E-state index is 0.645. The summed E-state index contributed by atoms with van der Waals surface area (Å²) in [4.78, 5) is 11.7. The fourth-order valence-electron chi connectivity index (χ4n) is 3.00. The Hall–Kier alpha value is -0.960. The lowest BCUT2D eigenvalue weighted by Crippen LogP contribution is -2.23. The van der Waals surface area contributed by atoms with Crippen LogP contribution in [0.4, 0.5) is 0 Å². The molecular formula is C12H17N3. The summed E-state index contributed by atoms with van der Waals surface area (Å²) in [6, 6.07) is 0. The Balaban J connectivity index is 1.96. The number of aryl methyl sites for hydroxylation is 2. The molecule has 0 N–H and O–H groups in total. The smallest absolute Gasteiger partial charge is 0.0665 e. The van der Waals surface area contributed by atoms with Gasteiger partial charge in [0.25, 0.3) is 0 Å². The molecule has 2 aliphatic rings. The summed E-state index contributed by atoms with van der Waals surface area (Å²) in [6.07, 6.45) is 3.21. The van der Waals surface area contributed by atoms with Gasteiger partial charge < -0.3 is 4.90 Å². The number of nitrogens with zero attached hydrogens (tertiary/aromatic N) is 3. The zero-order chi connectivity index (χ0) is 10.4. The molecule has 0 spiro atoms. The SMILES string of the molecule is Cc1cnc(C)c([C@H]2CN3CC[C@@H]2C3)n1. The second-order valence-electron chi connectivity index (χ2n) is 4.90. The van der Waals surface area contributed by atoms with Gasteiger partial charge in [0, 0.05) is 25.2 Å². The van der Waals surface area contributed by atoms with E-state index in [0.29, 0.717) is 5.92 Å². The largest absolute Gasteiger partial charge is 0.302 e. The Kier molecular flexibility index (Phi) is 2.02. The lowest BCUT2D eigenvalue weighted by atomic mass is 9.88. The van der Waals surface area contributed by atoms with E-state index in [9.17, 15) is 0 Å². The first-order valence-electron chi connectivity index (χ1n) is 5.76. The highest BCUT2D eigenvalue weighted by molar-refractivity contribution is 5.21. The number of piperidine rings is 1. The van der Waals surface area contributed by atoms with E-state index < -0.39 is 0 Å². The molecule has 3 nitrogen and oxygen atoms in total. The Bertz CT molecular complexity index is 388. The molecule has 0 saturated carbocycles. The lowest BCUT2D eigenvalue weighted by Gasteiger charge is -2.22. The van der Waals surface area contributed by atoms with E-state index in [-0.39, 0.29) is 0 Å². The van der Waals surface area contributed by atoms with Crippen molar-refractivity contribution in [2.45, 2.75) is 26.2 Å². The molecule has 0 amide bonds. The molecule has 2 bridgehead atoms. The zero-order valence-electron chi connectivity index (χ0n) is 9.40. The van der Waals surface area contributed by atoms with E-state index in [0.717, 1.165) is 17.3 Å². The second kappa shape index (κ2) is 3.27. The highest BCUT2D eigenvalue weighted by Crippen LogP contribution is 2.39. The Labute approximate surface area is 90.5 Å². The molecule has 1 unspecified atom stereocenters. The van der Waals surface area contributed by atoms with Crippen molar-refractivity contribution in [1.29, 1.82) is 0 Å². The molecule has 1 aromatic rings. The lowest BCUT2D eigenvalue weighted by molar-refractivity contribution is 0.343. The van der Waals surface area contributed by atoms with Crippen LogP contribution in [0.3, 0.4) is 0 Å². The maximum absolute atomic E-state index is 4.68. The minimum Gasteiger partial charge on any atom is -0.302 e. The molecule has 3 atom stereocenters. The number of hydrogen-bond acceptors (Lipinski definition) is 3. The Morgan fingerprint density at radius 2 is 2.20 bits per heavy atom. The van der Waals surface area contributed by atoms with Gasteiger partial charge in [0.05, 0.1) is 17.1 Å². The van der Waals surface area contributed by atoms with Crippen LogP contribution in [0.25, 0.3) is 0 Å². The van der Waals surface area contributed by atoms with Crippen molar-refractivity contribution in [1.82, 2.24) is 14.9 Å². The van der Waals surface area contributed by atoms with Crippen LogP contribution < -0.4 is 0 Å². The van der Waals surface area contributed by atoms with Crippen molar-refractivity contribution >= 4 is 0 Å². The van der Waals surface area contributed by atoms with Crippen LogP contribution >= 0.6 is 0 Å². The molecule has 3 heterocycles. The van der Waals surface area contributed by atoms with Gasteiger partial charge in [-0.05, 0) is 32.7 Å². The van der Waals surface area contributed by atoms with Gasteiger partial charge in [-0.15, -0.1) is 0 Å². The summed E-state index contributed by atoms with van der Waals surface area (Å²) in [7, 11) is 0. The number of aromatic nitrogens is 2. The van der Waals surface area contributed by atoms with E-state index >= 15 is 0 Å². The number of hydrogen-bond donors (Lipinski definition) is 0. The quantitative estimate of drug-likeness (QED) is 0.693. The van der Waals surface area contributed by atoms with Crippen molar-refractivity contribution in [2.24, 2.45) is 5.92 Å². The fourth-order valence-corrected chi connectivity index (χ4v) is 3.00. The van der Waals surface area contributed by atoms with Gasteiger partial charge >= 0.3 is 0 Å². The molecule has 0 radical (unpaired) electrons. The summed E-state index contributed by atoms with van der Waals surface area (Å²) in [6.45, 7) is 7.88. The number of rotatable bonds is 1. The third-order valence-corrected chi connectivity index (χ3v) is 3.80. The normalized spacial score (nSPS) is 33.6. The van der Waals surface area contributed by atoms with Crippen LogP contribution in [0.1, 0.15) is 29.4 Å². The Morgan fingerprint density at radius 1 is 1.33 bits per heavy atom. The second-order valence-corrected chi connectivity index (χ2v) is 4.90. The average Bonchev–Trinajstić information content (AvgIpc) is 2.83. The Morgan fingerprint density at radius 3 is 2.87 bits per heavy atom. The van der Waals surface area contributed by atoms with E-state index in [4.69, 9.17) is 0 Å². The summed E-state index contributed by atoms with van der Waals surface area (Å²) >= 11 is 0. The summed E-state index contributed by atoms with van der Waals surface area (Å²) < 4.78 is 0. The van der Waals surface area contributed by atoms with Gasteiger partial charge in [-0.25, -0.2) is 0 Å². The molecular weight excluding hydrogens is 186 g/mol. The van der Waals surface area contributed by atoms with Crippen LogP contribution in [0, 0.1) is 19.8 Å². The summed E-state index contributed by atoms with van der Waals surface area (Å²) in [5.74, 6) is 1.48. The van der Waals surface area contributed by atoms with Crippen molar-refractivity contribution in [2.75, 3.05) is 19.6 Å². The molecule has 2 aliphatic heterocycles. The third kappa shape index (κ3) is 1.46. The summed E-state index contributed by atoms with van der Waals surface area (Å²) in [5.41, 5.74) is 3.43. The maximum Gasteiger partial charge on any atom is 0.0665 e. The zero-order valence-corrected chi connectivity index (χ0v) is 9.40. The molecule has 2 saturated heterocycles. The van der Waals surface area contributed by atoms with Crippen molar-refractivity contribution in [3.63, 3.8) is 0 Å². The first kappa shape index (κ1) is 9.28. The average molecular weight is 203 g/mol. The van der Waals surface area contributed by atoms with Gasteiger partial charge in [-0.2, -0.15) is 0 Å². The molecule has 15 heavy (non-hydrogen) atoms. The molecule has 80 valence electrons. The van der Waals surface area contributed by atoms with Crippen LogP contribution in [0.15, 0.2) is 6.20 Å². The van der Waals surface area contributed by atoms with E-state index in [1.807, 2.05) is 13.1 Å². The van der Waals surface area contributed by atoms with Crippen LogP contribution in [0.2, 0.25) is 0 Å². The topological polar surface area (TPSA) is 29.0 Å². The highest BCUT2D eigenvalue weighted by atomic mass is 15.2. The van der Waals surface area contributed by atoms with Gasteiger partial charge in [0.1, 0.15) is 0 Å². The number of fused-ring (bicyclic) bond motifs is 2. The van der Waals surface area contributed by atoms with Crippen LogP contribution in [-0.4, -0.2) is 34.5 Å². The first-order valence-corrected chi connectivity index (χ1v) is 5.76. The van der Waals surface area contributed by atoms with Gasteiger partial charge in [-0.3, -0.25) is 9.97 Å². The minimum absolute atomic E-state index is 0.645. The maximum atomic E-state index is 4.68. The fraction of sp³-hybridized carbons (Fsp3) is 0.667. The highest BCUT2D eigenvalue weighted by Gasteiger charge is 2.40. The van der Waals surface area contributed by atoms with E-state index in [1.54, 1.807) is 0 Å². The molecule has 2 fully saturated rings. The molecule has 0 aromatic carbocycles. The summed E-state index contributed by atoms with van der Waals surface area (Å²) in [5, 5.41) is 0. The van der Waals surface area contributed by atoms with Gasteiger partial charge in [-0.1, -0.05) is 0 Å². The van der Waals surface area contributed by atoms with Crippen molar-refractivity contribution in [3.8, 4) is 0 Å². The third-order valence-electron chi connectivity index (χ3n) is 3.80. The molecule has 3 heteroatoms. The van der Waals surface area contributed by atoms with Crippen molar-refractivity contribution < 1.29 is 0 Å². The van der Waals surface area contributed by atoms with Gasteiger partial charge in [0.2, 0.25) is 0 Å².